The van der Waals surface area contributed by atoms with E-state index < -0.39 is 25.1 Å². The van der Waals surface area contributed by atoms with Gasteiger partial charge in [-0.25, -0.2) is 16.8 Å². The molecule has 2 aliphatic heterocycles. The number of hydrogen-bond donors (Lipinski definition) is 0. The highest BCUT2D eigenvalue weighted by Gasteiger charge is 2.41. The van der Waals surface area contributed by atoms with Crippen LogP contribution in [0, 0.1) is 0 Å². The molecule has 0 radical (unpaired) electrons. The third kappa shape index (κ3) is 4.07. The van der Waals surface area contributed by atoms with E-state index in [4.69, 9.17) is 0 Å². The number of nitrogens with zero attached hydrogens (tertiary/aromatic N) is 2. The number of piperazine rings is 1. The molecule has 140 valence electrons. The second-order valence-electron chi connectivity index (χ2n) is 6.84. The van der Waals surface area contributed by atoms with Crippen LogP contribution in [0.25, 0.3) is 0 Å². The molecule has 2 heterocycles. The van der Waals surface area contributed by atoms with Crippen molar-refractivity contribution in [2.75, 3.05) is 37.7 Å². The summed E-state index contributed by atoms with van der Waals surface area (Å²) >= 11 is 0. The molecular formula is C17H26N2O4S2. The predicted octanol–water partition coefficient (Wildman–Crippen LogP) is 1.27. The van der Waals surface area contributed by atoms with Crippen LogP contribution >= 0.6 is 0 Å². The first-order valence-corrected chi connectivity index (χ1v) is 12.1. The van der Waals surface area contributed by atoms with Gasteiger partial charge in [-0.2, -0.15) is 4.31 Å². The Balaban J connectivity index is 1.65. The molecule has 2 unspecified atom stereocenters. The van der Waals surface area contributed by atoms with Crippen LogP contribution in [0.1, 0.15) is 31.4 Å². The normalized spacial score (nSPS) is 26.5. The highest BCUT2D eigenvalue weighted by molar-refractivity contribution is 7.95. The Hall–Kier alpha value is -0.960. The van der Waals surface area contributed by atoms with Gasteiger partial charge in [0, 0.05) is 32.2 Å². The first kappa shape index (κ1) is 18.8. The van der Waals surface area contributed by atoms with Gasteiger partial charge in [0.15, 0.2) is 9.84 Å². The predicted molar refractivity (Wildman–Crippen MR) is 98.6 cm³/mol. The average Bonchev–Trinajstić information content (AvgIpc) is 2.98. The van der Waals surface area contributed by atoms with Gasteiger partial charge in [-0.15, -0.1) is 0 Å². The second kappa shape index (κ2) is 7.34. The van der Waals surface area contributed by atoms with Gasteiger partial charge in [0.25, 0.3) is 0 Å². The van der Waals surface area contributed by atoms with Gasteiger partial charge in [0.2, 0.25) is 10.0 Å². The molecule has 8 heteroatoms. The van der Waals surface area contributed by atoms with Crippen molar-refractivity contribution in [1.82, 2.24) is 9.21 Å². The topological polar surface area (TPSA) is 74.8 Å². The van der Waals surface area contributed by atoms with Gasteiger partial charge in [0.05, 0.1) is 16.8 Å². The molecule has 2 fully saturated rings. The van der Waals surface area contributed by atoms with Gasteiger partial charge in [-0.3, -0.25) is 4.90 Å². The highest BCUT2D eigenvalue weighted by Crippen LogP contribution is 2.28. The molecule has 2 atom stereocenters. The molecule has 1 aromatic rings. The fraction of sp³-hybridized carbons (Fsp3) is 0.647. The molecule has 0 bridgehead atoms. The summed E-state index contributed by atoms with van der Waals surface area (Å²) in [6.45, 7) is 4.35. The van der Waals surface area contributed by atoms with E-state index in [1.807, 2.05) is 18.2 Å². The van der Waals surface area contributed by atoms with E-state index in [9.17, 15) is 16.8 Å². The molecule has 0 saturated carbocycles. The van der Waals surface area contributed by atoms with E-state index in [1.165, 1.54) is 9.87 Å². The van der Waals surface area contributed by atoms with Crippen LogP contribution in [0.4, 0.5) is 0 Å². The summed E-state index contributed by atoms with van der Waals surface area (Å²) in [6.07, 6.45) is 1.20. The maximum absolute atomic E-state index is 12.7. The number of sulfone groups is 1. The lowest BCUT2D eigenvalue weighted by molar-refractivity contribution is 0.133. The molecule has 2 aliphatic rings. The largest absolute Gasteiger partial charge is 0.294 e. The van der Waals surface area contributed by atoms with Crippen LogP contribution in [0.2, 0.25) is 0 Å². The maximum atomic E-state index is 12.7. The Morgan fingerprint density at radius 3 is 2.28 bits per heavy atom. The Bertz CT molecular complexity index is 785. The van der Waals surface area contributed by atoms with Crippen LogP contribution in [-0.4, -0.2) is 69.0 Å². The minimum atomic E-state index is -3.53. The Labute approximate surface area is 150 Å². The summed E-state index contributed by atoms with van der Waals surface area (Å²) in [5, 5.41) is -0.764. The number of benzene rings is 1. The molecular weight excluding hydrogens is 360 g/mol. The first-order valence-electron chi connectivity index (χ1n) is 8.82. The Morgan fingerprint density at radius 2 is 1.76 bits per heavy atom. The lowest BCUT2D eigenvalue weighted by atomic mass is 10.0. The molecule has 0 aliphatic carbocycles. The summed E-state index contributed by atoms with van der Waals surface area (Å²) < 4.78 is 50.2. The summed E-state index contributed by atoms with van der Waals surface area (Å²) in [7, 11) is -6.72. The van der Waals surface area contributed by atoms with E-state index in [-0.39, 0.29) is 24.0 Å². The van der Waals surface area contributed by atoms with Crippen LogP contribution in [0.3, 0.4) is 0 Å². The molecule has 0 N–H and O–H groups in total. The van der Waals surface area contributed by atoms with Gasteiger partial charge in [-0.05, 0) is 18.4 Å². The molecule has 0 aromatic heterocycles. The summed E-state index contributed by atoms with van der Waals surface area (Å²) in [6, 6.07) is 10.6. The minimum Gasteiger partial charge on any atom is -0.294 e. The van der Waals surface area contributed by atoms with Crippen molar-refractivity contribution in [1.29, 1.82) is 0 Å². The SMILES string of the molecule is CCC(c1ccccc1)N1CCN(S(=O)(=O)C2CCS(=O)(=O)C2)CC1. The van der Waals surface area contributed by atoms with Crippen LogP contribution in [-0.2, 0) is 19.9 Å². The van der Waals surface area contributed by atoms with Crippen molar-refractivity contribution in [3.8, 4) is 0 Å². The first-order chi connectivity index (χ1) is 11.8. The van der Waals surface area contributed by atoms with E-state index in [0.29, 0.717) is 26.2 Å². The lowest BCUT2D eigenvalue weighted by Crippen LogP contribution is -2.52. The van der Waals surface area contributed by atoms with Crippen molar-refractivity contribution >= 4 is 19.9 Å². The zero-order valence-corrected chi connectivity index (χ0v) is 16.2. The average molecular weight is 387 g/mol. The van der Waals surface area contributed by atoms with E-state index >= 15 is 0 Å². The molecule has 0 spiro atoms. The standard InChI is InChI=1S/C17H26N2O4S2/c1-2-17(15-6-4-3-5-7-15)18-9-11-19(12-10-18)25(22,23)16-8-13-24(20,21)14-16/h3-7,16-17H,2,8-14H2,1H3. The number of sulfonamides is 1. The van der Waals surface area contributed by atoms with E-state index in [2.05, 4.69) is 24.0 Å². The van der Waals surface area contributed by atoms with Crippen LogP contribution < -0.4 is 0 Å². The summed E-state index contributed by atoms with van der Waals surface area (Å²) in [5.41, 5.74) is 1.25. The monoisotopic (exact) mass is 386 g/mol. The van der Waals surface area contributed by atoms with E-state index in [1.54, 1.807) is 0 Å². The fourth-order valence-electron chi connectivity index (χ4n) is 3.86. The molecule has 3 rings (SSSR count). The summed E-state index contributed by atoms with van der Waals surface area (Å²) in [5.74, 6) is -0.236. The zero-order valence-electron chi connectivity index (χ0n) is 14.5. The van der Waals surface area contributed by atoms with Crippen LogP contribution in [0.15, 0.2) is 30.3 Å². The number of rotatable bonds is 5. The summed E-state index contributed by atoms with van der Waals surface area (Å²) in [4.78, 5) is 2.33. The van der Waals surface area contributed by atoms with Gasteiger partial charge < -0.3 is 0 Å². The van der Waals surface area contributed by atoms with Crippen molar-refractivity contribution in [3.63, 3.8) is 0 Å². The smallest absolute Gasteiger partial charge is 0.218 e. The molecule has 6 nitrogen and oxygen atoms in total. The van der Waals surface area contributed by atoms with Crippen LogP contribution in [0.5, 0.6) is 0 Å². The van der Waals surface area contributed by atoms with Gasteiger partial charge >= 0.3 is 0 Å². The zero-order chi connectivity index (χ0) is 18.1. The third-order valence-electron chi connectivity index (χ3n) is 5.26. The Kier molecular flexibility index (Phi) is 5.53. The molecule has 0 amide bonds. The Morgan fingerprint density at radius 1 is 1.12 bits per heavy atom. The molecule has 25 heavy (non-hydrogen) atoms. The maximum Gasteiger partial charge on any atom is 0.218 e. The minimum absolute atomic E-state index is 0.0111. The van der Waals surface area contributed by atoms with Crippen molar-refractivity contribution in [3.05, 3.63) is 35.9 Å². The molecule has 1 aromatic carbocycles. The second-order valence-corrected chi connectivity index (χ2v) is 11.3. The quantitative estimate of drug-likeness (QED) is 0.762. The van der Waals surface area contributed by atoms with Crippen molar-refractivity contribution < 1.29 is 16.8 Å². The van der Waals surface area contributed by atoms with Gasteiger partial charge in [0.1, 0.15) is 0 Å². The fourth-order valence-corrected chi connectivity index (χ4v) is 8.37. The van der Waals surface area contributed by atoms with Crippen molar-refractivity contribution in [2.24, 2.45) is 0 Å². The van der Waals surface area contributed by atoms with E-state index in [0.717, 1.165) is 6.42 Å². The third-order valence-corrected chi connectivity index (χ3v) is 9.57. The lowest BCUT2D eigenvalue weighted by Gasteiger charge is -2.39. The highest BCUT2D eigenvalue weighted by atomic mass is 32.2. The molecule has 2 saturated heterocycles. The van der Waals surface area contributed by atoms with Gasteiger partial charge in [-0.1, -0.05) is 37.3 Å². The number of hydrogen-bond acceptors (Lipinski definition) is 5. The van der Waals surface area contributed by atoms with Crippen molar-refractivity contribution in [2.45, 2.75) is 31.1 Å².